The maximum atomic E-state index is 4.17. The average molecular weight is 228 g/mol. The number of rotatable bonds is 3. The number of benzene rings is 1. The molecule has 0 amide bonds. The second-order valence-electron chi connectivity index (χ2n) is 4.46. The quantitative estimate of drug-likeness (QED) is 0.804. The number of likely N-dealkylation sites (tertiary alicyclic amines) is 1. The first-order valence-electron chi connectivity index (χ1n) is 6.11. The molecule has 3 rings (SSSR count). The molecule has 0 radical (unpaired) electrons. The van der Waals surface area contributed by atoms with Crippen molar-refractivity contribution in [1.29, 1.82) is 0 Å². The predicted molar refractivity (Wildman–Crippen MR) is 65.9 cm³/mol. The Kier molecular flexibility index (Phi) is 2.88. The summed E-state index contributed by atoms with van der Waals surface area (Å²) in [5.41, 5.74) is 2.25. The standard InChI is InChI=1S/C13H16N4/c1-2-6-12(7-3-1)17-13(10-14-15-17)11-16-8-4-5-9-16/h1-3,6-7,10H,4-5,8-9,11H2. The molecule has 1 aliphatic heterocycles. The van der Waals surface area contributed by atoms with Crippen LogP contribution >= 0.6 is 0 Å². The molecule has 17 heavy (non-hydrogen) atoms. The van der Waals surface area contributed by atoms with Crippen LogP contribution in [-0.4, -0.2) is 33.0 Å². The molecule has 1 aromatic heterocycles. The fraction of sp³-hybridized carbons (Fsp3) is 0.385. The van der Waals surface area contributed by atoms with Gasteiger partial charge >= 0.3 is 0 Å². The molecule has 1 aromatic carbocycles. The summed E-state index contributed by atoms with van der Waals surface area (Å²) in [4.78, 5) is 2.46. The van der Waals surface area contributed by atoms with Gasteiger partial charge in [-0.05, 0) is 38.1 Å². The van der Waals surface area contributed by atoms with Gasteiger partial charge in [-0.25, -0.2) is 4.68 Å². The van der Waals surface area contributed by atoms with Crippen molar-refractivity contribution in [1.82, 2.24) is 19.9 Å². The topological polar surface area (TPSA) is 34.0 Å². The van der Waals surface area contributed by atoms with Crippen LogP contribution in [0.15, 0.2) is 36.5 Å². The first-order valence-corrected chi connectivity index (χ1v) is 6.11. The Morgan fingerprint density at radius 2 is 1.82 bits per heavy atom. The SMILES string of the molecule is c1ccc(-n2nncc2CN2CCCC2)cc1. The van der Waals surface area contributed by atoms with Gasteiger partial charge in [0.25, 0.3) is 0 Å². The van der Waals surface area contributed by atoms with E-state index in [2.05, 4.69) is 27.3 Å². The van der Waals surface area contributed by atoms with E-state index in [1.807, 2.05) is 29.1 Å². The predicted octanol–water partition coefficient (Wildman–Crippen LogP) is 1.86. The molecule has 1 aliphatic rings. The number of aromatic nitrogens is 3. The van der Waals surface area contributed by atoms with Crippen molar-refractivity contribution in [2.45, 2.75) is 19.4 Å². The van der Waals surface area contributed by atoms with Crippen molar-refractivity contribution in [3.8, 4) is 5.69 Å². The summed E-state index contributed by atoms with van der Waals surface area (Å²) < 4.78 is 1.93. The van der Waals surface area contributed by atoms with Gasteiger partial charge in [0, 0.05) is 6.54 Å². The Balaban J connectivity index is 1.84. The molecule has 0 unspecified atom stereocenters. The Labute approximate surface area is 101 Å². The smallest absolute Gasteiger partial charge is 0.0785 e. The van der Waals surface area contributed by atoms with Gasteiger partial charge in [-0.15, -0.1) is 5.10 Å². The van der Waals surface area contributed by atoms with E-state index in [1.165, 1.54) is 25.9 Å². The van der Waals surface area contributed by atoms with Crippen LogP contribution in [0, 0.1) is 0 Å². The lowest BCUT2D eigenvalue weighted by molar-refractivity contribution is 0.324. The molecule has 0 atom stereocenters. The van der Waals surface area contributed by atoms with E-state index in [0.29, 0.717) is 0 Å². The van der Waals surface area contributed by atoms with Gasteiger partial charge in [0.1, 0.15) is 0 Å². The minimum atomic E-state index is 0.946. The highest BCUT2D eigenvalue weighted by Gasteiger charge is 2.15. The third-order valence-corrected chi connectivity index (χ3v) is 3.20. The molecule has 4 nitrogen and oxygen atoms in total. The Morgan fingerprint density at radius 1 is 1.06 bits per heavy atom. The zero-order chi connectivity index (χ0) is 11.5. The molecular formula is C13H16N4. The van der Waals surface area contributed by atoms with Crippen molar-refractivity contribution in [2.75, 3.05) is 13.1 Å². The molecule has 0 N–H and O–H groups in total. The van der Waals surface area contributed by atoms with Crippen LogP contribution in [0.3, 0.4) is 0 Å². The second kappa shape index (κ2) is 4.67. The highest BCUT2D eigenvalue weighted by molar-refractivity contribution is 5.31. The fourth-order valence-corrected chi connectivity index (χ4v) is 2.32. The van der Waals surface area contributed by atoms with Crippen molar-refractivity contribution in [3.05, 3.63) is 42.2 Å². The summed E-state index contributed by atoms with van der Waals surface area (Å²) in [6.45, 7) is 3.34. The van der Waals surface area contributed by atoms with Crippen molar-refractivity contribution >= 4 is 0 Å². The minimum Gasteiger partial charge on any atom is -0.297 e. The number of para-hydroxylation sites is 1. The van der Waals surface area contributed by atoms with E-state index in [1.54, 1.807) is 0 Å². The molecule has 0 spiro atoms. The molecule has 2 aromatic rings. The number of nitrogens with zero attached hydrogens (tertiary/aromatic N) is 4. The van der Waals surface area contributed by atoms with Gasteiger partial charge in [-0.1, -0.05) is 23.4 Å². The Bertz CT molecular complexity index is 471. The minimum absolute atomic E-state index is 0.946. The van der Waals surface area contributed by atoms with E-state index < -0.39 is 0 Å². The molecule has 0 bridgehead atoms. The van der Waals surface area contributed by atoms with Crippen molar-refractivity contribution in [2.24, 2.45) is 0 Å². The third kappa shape index (κ3) is 2.22. The van der Waals surface area contributed by atoms with Gasteiger partial charge in [-0.2, -0.15) is 0 Å². The van der Waals surface area contributed by atoms with Crippen LogP contribution in [0.4, 0.5) is 0 Å². The van der Waals surface area contributed by atoms with Crippen LogP contribution < -0.4 is 0 Å². The van der Waals surface area contributed by atoms with Crippen LogP contribution in [0.1, 0.15) is 18.5 Å². The van der Waals surface area contributed by atoms with Gasteiger partial charge in [0.05, 0.1) is 17.6 Å². The van der Waals surface area contributed by atoms with Crippen LogP contribution in [-0.2, 0) is 6.54 Å². The zero-order valence-corrected chi connectivity index (χ0v) is 9.79. The molecule has 4 heteroatoms. The van der Waals surface area contributed by atoms with Crippen molar-refractivity contribution < 1.29 is 0 Å². The summed E-state index contributed by atoms with van der Waals surface area (Å²) in [5.74, 6) is 0. The molecule has 1 saturated heterocycles. The van der Waals surface area contributed by atoms with Crippen LogP contribution in [0.2, 0.25) is 0 Å². The highest BCUT2D eigenvalue weighted by Crippen LogP contribution is 2.14. The normalized spacial score (nSPS) is 16.5. The molecular weight excluding hydrogens is 212 g/mol. The average Bonchev–Trinajstić information content (AvgIpc) is 3.02. The number of hydrogen-bond acceptors (Lipinski definition) is 3. The highest BCUT2D eigenvalue weighted by atomic mass is 15.4. The van der Waals surface area contributed by atoms with Gasteiger partial charge in [-0.3, -0.25) is 4.90 Å². The maximum Gasteiger partial charge on any atom is 0.0785 e. The Hall–Kier alpha value is -1.68. The summed E-state index contributed by atoms with van der Waals surface area (Å²) in [6, 6.07) is 10.2. The molecule has 88 valence electrons. The first kappa shape index (κ1) is 10.5. The van der Waals surface area contributed by atoms with Crippen molar-refractivity contribution in [3.63, 3.8) is 0 Å². The summed E-state index contributed by atoms with van der Waals surface area (Å²) >= 11 is 0. The summed E-state index contributed by atoms with van der Waals surface area (Å²) in [5, 5.41) is 8.20. The van der Waals surface area contributed by atoms with Crippen LogP contribution in [0.5, 0.6) is 0 Å². The second-order valence-corrected chi connectivity index (χ2v) is 4.46. The first-order chi connectivity index (χ1) is 8.43. The fourth-order valence-electron chi connectivity index (χ4n) is 2.32. The number of hydrogen-bond donors (Lipinski definition) is 0. The molecule has 0 saturated carbocycles. The molecule has 0 aliphatic carbocycles. The molecule has 1 fully saturated rings. The lowest BCUT2D eigenvalue weighted by atomic mass is 10.3. The van der Waals surface area contributed by atoms with E-state index >= 15 is 0 Å². The van der Waals surface area contributed by atoms with Gasteiger partial charge in [0.2, 0.25) is 0 Å². The summed E-state index contributed by atoms with van der Waals surface area (Å²) in [6.07, 6.45) is 4.49. The summed E-state index contributed by atoms with van der Waals surface area (Å²) in [7, 11) is 0. The maximum absolute atomic E-state index is 4.17. The van der Waals surface area contributed by atoms with Gasteiger partial charge < -0.3 is 0 Å². The van der Waals surface area contributed by atoms with E-state index in [-0.39, 0.29) is 0 Å². The third-order valence-electron chi connectivity index (χ3n) is 3.20. The largest absolute Gasteiger partial charge is 0.297 e. The van der Waals surface area contributed by atoms with E-state index in [4.69, 9.17) is 0 Å². The zero-order valence-electron chi connectivity index (χ0n) is 9.79. The lowest BCUT2D eigenvalue weighted by Gasteiger charge is -2.14. The van der Waals surface area contributed by atoms with E-state index in [9.17, 15) is 0 Å². The van der Waals surface area contributed by atoms with Gasteiger partial charge in [0.15, 0.2) is 0 Å². The van der Waals surface area contributed by atoms with E-state index in [0.717, 1.165) is 17.9 Å². The molecule has 2 heterocycles. The van der Waals surface area contributed by atoms with Crippen LogP contribution in [0.25, 0.3) is 5.69 Å². The lowest BCUT2D eigenvalue weighted by Crippen LogP contribution is -2.20. The Morgan fingerprint density at radius 3 is 2.59 bits per heavy atom. The monoisotopic (exact) mass is 228 g/mol.